The lowest BCUT2D eigenvalue weighted by molar-refractivity contribution is -0.139. The molecular weight excluding hydrogens is 402 g/mol. The fourth-order valence-corrected chi connectivity index (χ4v) is 4.14. The van der Waals surface area contributed by atoms with E-state index in [9.17, 15) is 22.8 Å². The van der Waals surface area contributed by atoms with Gasteiger partial charge in [-0.2, -0.15) is 0 Å². The van der Waals surface area contributed by atoms with E-state index < -0.39 is 27.5 Å². The molecular formula is C23H19NO5S. The first-order chi connectivity index (χ1) is 14.3. The Labute approximate surface area is 174 Å². The lowest BCUT2D eigenvalue weighted by Crippen LogP contribution is -2.43. The quantitative estimate of drug-likeness (QED) is 0.332. The highest BCUT2D eigenvalue weighted by Crippen LogP contribution is 2.20. The van der Waals surface area contributed by atoms with Crippen molar-refractivity contribution in [1.82, 2.24) is 4.31 Å². The molecule has 152 valence electrons. The Morgan fingerprint density at radius 1 is 0.767 bits per heavy atom. The summed E-state index contributed by atoms with van der Waals surface area (Å²) in [5, 5.41) is 0. The fourth-order valence-electron chi connectivity index (χ4n) is 2.78. The molecule has 0 aromatic heterocycles. The van der Waals surface area contributed by atoms with Crippen LogP contribution in [0.25, 0.3) is 0 Å². The van der Waals surface area contributed by atoms with Crippen molar-refractivity contribution in [1.29, 1.82) is 0 Å². The number of Topliss-reactive ketones (excluding diaryl/α,β-unsaturated/α-hetero) is 2. The summed E-state index contributed by atoms with van der Waals surface area (Å²) in [7, 11) is -4.37. The van der Waals surface area contributed by atoms with Gasteiger partial charge < -0.3 is 0 Å². The number of carbonyl (C=O) groups is 3. The number of rotatable bonds is 7. The zero-order valence-electron chi connectivity index (χ0n) is 16.2. The third-order valence-corrected chi connectivity index (χ3v) is 6.18. The van der Waals surface area contributed by atoms with E-state index in [1.807, 2.05) is 0 Å². The summed E-state index contributed by atoms with van der Waals surface area (Å²) in [5.41, 5.74) is 1.36. The van der Waals surface area contributed by atoms with Crippen molar-refractivity contribution < 1.29 is 22.8 Å². The van der Waals surface area contributed by atoms with Crippen molar-refractivity contribution in [2.24, 2.45) is 0 Å². The molecule has 3 aromatic carbocycles. The van der Waals surface area contributed by atoms with Crippen LogP contribution in [0.15, 0.2) is 89.8 Å². The smallest absolute Gasteiger partial charge is 0.285 e. The van der Waals surface area contributed by atoms with Crippen molar-refractivity contribution in [3.8, 4) is 0 Å². The van der Waals surface area contributed by atoms with E-state index in [4.69, 9.17) is 0 Å². The fraction of sp³-hybridized carbons (Fsp3) is 0.0870. The van der Waals surface area contributed by atoms with Gasteiger partial charge in [-0.05, 0) is 24.6 Å². The molecule has 0 saturated carbocycles. The van der Waals surface area contributed by atoms with E-state index in [0.717, 1.165) is 5.56 Å². The Morgan fingerprint density at radius 3 is 1.87 bits per heavy atom. The van der Waals surface area contributed by atoms with E-state index in [-0.39, 0.29) is 17.0 Å². The SMILES string of the molecule is Cc1ccc(S(=O)(=O)N(Cc2ccccc2)C(=O)C(=O)C(=O)c2ccccc2)cc1. The molecule has 3 rings (SSSR count). The normalized spacial score (nSPS) is 11.0. The molecule has 0 heterocycles. The first-order valence-electron chi connectivity index (χ1n) is 9.12. The van der Waals surface area contributed by atoms with Gasteiger partial charge in [0.05, 0.1) is 11.4 Å². The summed E-state index contributed by atoms with van der Waals surface area (Å²) in [6.07, 6.45) is 0. The van der Waals surface area contributed by atoms with Crippen molar-refractivity contribution in [3.05, 3.63) is 102 Å². The van der Waals surface area contributed by atoms with Crippen LogP contribution >= 0.6 is 0 Å². The maximum absolute atomic E-state index is 13.2. The zero-order valence-corrected chi connectivity index (χ0v) is 17.0. The summed E-state index contributed by atoms with van der Waals surface area (Å²) in [5.74, 6) is -3.86. The van der Waals surface area contributed by atoms with Crippen LogP contribution in [0.5, 0.6) is 0 Å². The number of benzene rings is 3. The Bertz CT molecular complexity index is 1170. The molecule has 0 atom stereocenters. The molecule has 0 aliphatic heterocycles. The molecule has 0 spiro atoms. The number of hydrogen-bond donors (Lipinski definition) is 0. The molecule has 0 aliphatic rings. The van der Waals surface area contributed by atoms with E-state index in [1.54, 1.807) is 67.6 Å². The molecule has 1 amide bonds. The number of nitrogens with zero attached hydrogens (tertiary/aromatic N) is 1. The molecule has 0 unspecified atom stereocenters. The molecule has 6 nitrogen and oxygen atoms in total. The van der Waals surface area contributed by atoms with E-state index in [0.29, 0.717) is 9.87 Å². The highest BCUT2D eigenvalue weighted by atomic mass is 32.2. The highest BCUT2D eigenvalue weighted by Gasteiger charge is 2.36. The van der Waals surface area contributed by atoms with Gasteiger partial charge in [0.15, 0.2) is 0 Å². The number of carbonyl (C=O) groups excluding carboxylic acids is 3. The maximum atomic E-state index is 13.2. The number of amides is 1. The van der Waals surface area contributed by atoms with Crippen molar-refractivity contribution in [2.45, 2.75) is 18.4 Å². The standard InChI is InChI=1S/C23H19NO5S/c1-17-12-14-20(15-13-17)30(28,29)24(16-18-8-4-2-5-9-18)23(27)22(26)21(25)19-10-6-3-7-11-19/h2-15H,16H2,1H3. The third kappa shape index (κ3) is 4.52. The molecule has 3 aromatic rings. The minimum absolute atomic E-state index is 0.0169. The molecule has 30 heavy (non-hydrogen) atoms. The van der Waals surface area contributed by atoms with E-state index in [2.05, 4.69) is 0 Å². The first-order valence-corrected chi connectivity index (χ1v) is 10.6. The van der Waals surface area contributed by atoms with Crippen LogP contribution < -0.4 is 0 Å². The number of sulfonamides is 1. The Hall–Kier alpha value is -3.58. The zero-order chi connectivity index (χ0) is 21.7. The van der Waals surface area contributed by atoms with Crippen LogP contribution in [0.1, 0.15) is 21.5 Å². The molecule has 0 saturated heterocycles. The Balaban J connectivity index is 2.00. The molecule has 0 radical (unpaired) electrons. The van der Waals surface area contributed by atoms with Gasteiger partial charge in [-0.3, -0.25) is 14.4 Å². The number of ketones is 2. The summed E-state index contributed by atoms with van der Waals surface area (Å²) in [6, 6.07) is 21.8. The summed E-state index contributed by atoms with van der Waals surface area (Å²) in [6.45, 7) is 1.43. The number of hydrogen-bond acceptors (Lipinski definition) is 5. The largest absolute Gasteiger partial charge is 0.312 e. The van der Waals surface area contributed by atoms with Gasteiger partial charge in [0.25, 0.3) is 15.8 Å². The second-order valence-electron chi connectivity index (χ2n) is 6.64. The predicted octanol–water partition coefficient (Wildman–Crippen LogP) is 3.16. The van der Waals surface area contributed by atoms with E-state index in [1.165, 1.54) is 24.3 Å². The van der Waals surface area contributed by atoms with Gasteiger partial charge in [0, 0.05) is 5.56 Å². The van der Waals surface area contributed by atoms with Gasteiger partial charge >= 0.3 is 5.91 Å². The second kappa shape index (κ2) is 8.84. The lowest BCUT2D eigenvalue weighted by Gasteiger charge is -2.22. The van der Waals surface area contributed by atoms with Gasteiger partial charge in [0.2, 0.25) is 5.78 Å². The lowest BCUT2D eigenvalue weighted by atomic mass is 10.1. The molecule has 0 N–H and O–H groups in total. The number of aryl methyl sites for hydroxylation is 1. The van der Waals surface area contributed by atoms with Gasteiger partial charge in [-0.1, -0.05) is 78.4 Å². The minimum atomic E-state index is -4.37. The Kier molecular flexibility index (Phi) is 6.23. The summed E-state index contributed by atoms with van der Waals surface area (Å²) in [4.78, 5) is 37.8. The average molecular weight is 421 g/mol. The summed E-state index contributed by atoms with van der Waals surface area (Å²) >= 11 is 0. The second-order valence-corrected chi connectivity index (χ2v) is 8.50. The van der Waals surface area contributed by atoms with Crippen molar-refractivity contribution >= 4 is 27.5 Å². The van der Waals surface area contributed by atoms with Crippen LogP contribution in [0.3, 0.4) is 0 Å². The highest BCUT2D eigenvalue weighted by molar-refractivity contribution is 7.89. The molecule has 0 bridgehead atoms. The summed E-state index contributed by atoms with van der Waals surface area (Å²) < 4.78 is 26.8. The monoisotopic (exact) mass is 421 g/mol. The van der Waals surface area contributed by atoms with Gasteiger partial charge in [-0.25, -0.2) is 12.7 Å². The first kappa shape index (κ1) is 21.1. The van der Waals surface area contributed by atoms with Crippen LogP contribution in [-0.2, 0) is 26.2 Å². The van der Waals surface area contributed by atoms with Gasteiger partial charge in [0.1, 0.15) is 0 Å². The van der Waals surface area contributed by atoms with Crippen LogP contribution in [0, 0.1) is 6.92 Å². The molecule has 0 fully saturated rings. The Morgan fingerprint density at radius 2 is 1.30 bits per heavy atom. The van der Waals surface area contributed by atoms with Crippen molar-refractivity contribution in [2.75, 3.05) is 0 Å². The van der Waals surface area contributed by atoms with Gasteiger partial charge in [-0.15, -0.1) is 0 Å². The predicted molar refractivity (Wildman–Crippen MR) is 111 cm³/mol. The average Bonchev–Trinajstić information content (AvgIpc) is 2.77. The van der Waals surface area contributed by atoms with Crippen LogP contribution in [0.2, 0.25) is 0 Å². The van der Waals surface area contributed by atoms with Crippen LogP contribution in [-0.4, -0.2) is 30.2 Å². The molecule has 0 aliphatic carbocycles. The van der Waals surface area contributed by atoms with E-state index >= 15 is 0 Å². The molecule has 7 heteroatoms. The van der Waals surface area contributed by atoms with Crippen LogP contribution in [0.4, 0.5) is 0 Å². The third-order valence-electron chi connectivity index (χ3n) is 4.44. The maximum Gasteiger partial charge on any atom is 0.312 e. The minimum Gasteiger partial charge on any atom is -0.285 e. The van der Waals surface area contributed by atoms with Crippen molar-refractivity contribution in [3.63, 3.8) is 0 Å². The topological polar surface area (TPSA) is 88.6 Å².